The summed E-state index contributed by atoms with van der Waals surface area (Å²) in [6, 6.07) is 4.16. The Morgan fingerprint density at radius 2 is 2.22 bits per heavy atom. The minimum absolute atomic E-state index is 0.852. The molecule has 0 bridgehead atoms. The molecule has 0 saturated heterocycles. The van der Waals surface area contributed by atoms with E-state index in [9.17, 15) is 0 Å². The molecule has 18 heavy (non-hydrogen) atoms. The maximum absolute atomic E-state index is 4.47. The highest BCUT2D eigenvalue weighted by molar-refractivity contribution is 7.13. The zero-order valence-electron chi connectivity index (χ0n) is 10.3. The number of thiazole rings is 1. The predicted octanol–water partition coefficient (Wildman–Crippen LogP) is 3.73. The topological polar surface area (TPSA) is 30.7 Å². The molecule has 0 fully saturated rings. The summed E-state index contributed by atoms with van der Waals surface area (Å²) < 4.78 is 2.19. The van der Waals surface area contributed by atoms with Crippen LogP contribution in [0, 0.1) is 13.8 Å². The van der Waals surface area contributed by atoms with Crippen LogP contribution in [0.1, 0.15) is 15.6 Å². The maximum Gasteiger partial charge on any atom is 0.150 e. The lowest BCUT2D eigenvalue weighted by molar-refractivity contribution is 0.813. The Morgan fingerprint density at radius 1 is 1.33 bits per heavy atom. The molecule has 0 saturated carbocycles. The molecule has 5 heteroatoms. The molecule has 3 rings (SSSR count). The summed E-state index contributed by atoms with van der Waals surface area (Å²) in [5.41, 5.74) is 1.13. The van der Waals surface area contributed by atoms with Crippen molar-refractivity contribution in [2.24, 2.45) is 0 Å². The van der Waals surface area contributed by atoms with Gasteiger partial charge in [-0.15, -0.1) is 22.7 Å². The number of hydrogen-bond acceptors (Lipinski definition) is 4. The maximum atomic E-state index is 4.47. The average molecular weight is 275 g/mol. The Hall–Kier alpha value is -1.46. The highest BCUT2D eigenvalue weighted by Gasteiger charge is 2.10. The molecular formula is C13H13N3S2. The van der Waals surface area contributed by atoms with Gasteiger partial charge in [0.15, 0.2) is 0 Å². The molecule has 0 atom stereocenters. The summed E-state index contributed by atoms with van der Waals surface area (Å²) in [7, 11) is 0. The van der Waals surface area contributed by atoms with Crippen molar-refractivity contribution < 1.29 is 0 Å². The van der Waals surface area contributed by atoms with E-state index in [-0.39, 0.29) is 0 Å². The van der Waals surface area contributed by atoms with Gasteiger partial charge >= 0.3 is 0 Å². The second-order valence-corrected chi connectivity index (χ2v) is 6.33. The minimum Gasteiger partial charge on any atom is -0.325 e. The third kappa shape index (κ3) is 2.11. The van der Waals surface area contributed by atoms with E-state index in [0.29, 0.717) is 0 Å². The van der Waals surface area contributed by atoms with Crippen LogP contribution in [0.3, 0.4) is 0 Å². The molecule has 0 spiro atoms. The quantitative estimate of drug-likeness (QED) is 0.729. The van der Waals surface area contributed by atoms with Gasteiger partial charge in [0, 0.05) is 17.3 Å². The van der Waals surface area contributed by atoms with Gasteiger partial charge in [0.25, 0.3) is 0 Å². The Labute approximate surface area is 114 Å². The third-order valence-corrected chi connectivity index (χ3v) is 4.69. The van der Waals surface area contributed by atoms with Crippen molar-refractivity contribution in [2.45, 2.75) is 20.4 Å². The van der Waals surface area contributed by atoms with Gasteiger partial charge in [0.05, 0.1) is 22.1 Å². The van der Waals surface area contributed by atoms with E-state index in [1.54, 1.807) is 22.7 Å². The standard InChI is InChI=1S/C13H13N3S2/c1-9-12(18-10(2)15-9)8-16-6-5-14-13(16)11-4-3-7-17-11/h3-7H,8H2,1-2H3. The molecule has 3 aromatic rings. The second kappa shape index (κ2) is 4.66. The third-order valence-electron chi connectivity index (χ3n) is 2.77. The molecule has 0 aliphatic carbocycles. The fourth-order valence-electron chi connectivity index (χ4n) is 1.94. The SMILES string of the molecule is Cc1nc(C)c(Cn2ccnc2-c2cccs2)s1. The number of hydrogen-bond donors (Lipinski definition) is 0. The summed E-state index contributed by atoms with van der Waals surface area (Å²) >= 11 is 3.48. The molecular weight excluding hydrogens is 262 g/mol. The monoisotopic (exact) mass is 275 g/mol. The fourth-order valence-corrected chi connectivity index (χ4v) is 3.61. The summed E-state index contributed by atoms with van der Waals surface area (Å²) in [6.45, 7) is 4.97. The average Bonchev–Trinajstić information content (AvgIpc) is 3.01. The number of rotatable bonds is 3. The normalized spacial score (nSPS) is 11.0. The van der Waals surface area contributed by atoms with E-state index in [4.69, 9.17) is 0 Å². The van der Waals surface area contributed by atoms with Crippen LogP contribution in [0.5, 0.6) is 0 Å². The van der Waals surface area contributed by atoms with Gasteiger partial charge < -0.3 is 4.57 Å². The Kier molecular flexibility index (Phi) is 3.01. The van der Waals surface area contributed by atoms with Crippen LogP contribution in [-0.4, -0.2) is 14.5 Å². The number of aromatic nitrogens is 3. The van der Waals surface area contributed by atoms with E-state index < -0.39 is 0 Å². The molecule has 0 amide bonds. The zero-order chi connectivity index (χ0) is 12.5. The molecule has 0 aliphatic heterocycles. The smallest absolute Gasteiger partial charge is 0.150 e. The van der Waals surface area contributed by atoms with E-state index in [1.165, 1.54) is 9.75 Å². The Balaban J connectivity index is 1.95. The first-order valence-electron chi connectivity index (χ1n) is 5.72. The van der Waals surface area contributed by atoms with Gasteiger partial charge in [-0.25, -0.2) is 9.97 Å². The summed E-state index contributed by atoms with van der Waals surface area (Å²) in [5.74, 6) is 1.04. The molecule has 3 nitrogen and oxygen atoms in total. The first-order chi connectivity index (χ1) is 8.74. The van der Waals surface area contributed by atoms with Gasteiger partial charge in [-0.05, 0) is 25.3 Å². The van der Waals surface area contributed by atoms with E-state index in [2.05, 4.69) is 45.9 Å². The van der Waals surface area contributed by atoms with Crippen molar-refractivity contribution >= 4 is 22.7 Å². The lowest BCUT2D eigenvalue weighted by Gasteiger charge is -2.05. The largest absolute Gasteiger partial charge is 0.325 e. The van der Waals surface area contributed by atoms with Crippen LogP contribution in [-0.2, 0) is 6.54 Å². The first-order valence-corrected chi connectivity index (χ1v) is 7.41. The van der Waals surface area contributed by atoms with Crippen LogP contribution < -0.4 is 0 Å². The molecule has 0 unspecified atom stereocenters. The zero-order valence-corrected chi connectivity index (χ0v) is 11.9. The highest BCUT2D eigenvalue weighted by atomic mass is 32.1. The first kappa shape index (κ1) is 11.6. The van der Waals surface area contributed by atoms with Crippen LogP contribution in [0.25, 0.3) is 10.7 Å². The molecule has 0 radical (unpaired) electrons. The van der Waals surface area contributed by atoms with Crippen LogP contribution >= 0.6 is 22.7 Å². The lowest BCUT2D eigenvalue weighted by Crippen LogP contribution is -2.00. The number of thiophene rings is 1. The fraction of sp³-hybridized carbons (Fsp3) is 0.231. The molecule has 0 N–H and O–H groups in total. The van der Waals surface area contributed by atoms with Gasteiger partial charge in [0.1, 0.15) is 5.82 Å². The van der Waals surface area contributed by atoms with Crippen molar-refractivity contribution in [3.05, 3.63) is 45.5 Å². The molecule has 0 aliphatic rings. The molecule has 3 heterocycles. The van der Waals surface area contributed by atoms with Crippen molar-refractivity contribution in [1.82, 2.24) is 14.5 Å². The van der Waals surface area contributed by atoms with E-state index in [1.807, 2.05) is 12.4 Å². The number of nitrogens with zero attached hydrogens (tertiary/aromatic N) is 3. The van der Waals surface area contributed by atoms with Crippen molar-refractivity contribution in [3.63, 3.8) is 0 Å². The number of aryl methyl sites for hydroxylation is 2. The van der Waals surface area contributed by atoms with E-state index in [0.717, 1.165) is 23.1 Å². The molecule has 3 aromatic heterocycles. The lowest BCUT2D eigenvalue weighted by atomic mass is 10.3. The Bertz CT molecular complexity index is 650. The van der Waals surface area contributed by atoms with Gasteiger partial charge in [-0.3, -0.25) is 0 Å². The van der Waals surface area contributed by atoms with Gasteiger partial charge in [0.2, 0.25) is 0 Å². The molecule has 0 aromatic carbocycles. The second-order valence-electron chi connectivity index (χ2n) is 4.10. The van der Waals surface area contributed by atoms with Crippen molar-refractivity contribution in [1.29, 1.82) is 0 Å². The van der Waals surface area contributed by atoms with Gasteiger partial charge in [-0.2, -0.15) is 0 Å². The Morgan fingerprint density at radius 3 is 2.89 bits per heavy atom. The van der Waals surface area contributed by atoms with E-state index >= 15 is 0 Å². The van der Waals surface area contributed by atoms with Crippen LogP contribution in [0.4, 0.5) is 0 Å². The summed E-state index contributed by atoms with van der Waals surface area (Å²) in [4.78, 5) is 11.4. The molecule has 92 valence electrons. The highest BCUT2D eigenvalue weighted by Crippen LogP contribution is 2.25. The van der Waals surface area contributed by atoms with Crippen LogP contribution in [0.2, 0.25) is 0 Å². The summed E-state index contributed by atoms with van der Waals surface area (Å²) in [5, 5.41) is 3.21. The van der Waals surface area contributed by atoms with Crippen molar-refractivity contribution in [2.75, 3.05) is 0 Å². The van der Waals surface area contributed by atoms with Crippen molar-refractivity contribution in [3.8, 4) is 10.7 Å². The number of imidazole rings is 1. The minimum atomic E-state index is 0.852. The van der Waals surface area contributed by atoms with Gasteiger partial charge in [-0.1, -0.05) is 6.07 Å². The predicted molar refractivity (Wildman–Crippen MR) is 76.2 cm³/mol. The summed E-state index contributed by atoms with van der Waals surface area (Å²) in [6.07, 6.45) is 3.89. The van der Waals surface area contributed by atoms with Crippen LogP contribution in [0.15, 0.2) is 29.9 Å².